The monoisotopic (exact) mass is 350 g/mol. The summed E-state index contributed by atoms with van der Waals surface area (Å²) < 4.78 is 0. The fraction of sp³-hybridized carbons (Fsp3) is 0.529. The lowest BCUT2D eigenvalue weighted by molar-refractivity contribution is 0.0681. The maximum atomic E-state index is 12.8. The molecular formula is C17H23ClN4O2. The average Bonchev–Trinajstić information content (AvgIpc) is 3.00. The van der Waals surface area contributed by atoms with Crippen LogP contribution in [0.5, 0.6) is 0 Å². The Labute approximate surface area is 146 Å². The molecule has 1 aromatic carbocycles. The zero-order valence-corrected chi connectivity index (χ0v) is 14.6. The fourth-order valence-electron chi connectivity index (χ4n) is 3.36. The van der Waals surface area contributed by atoms with E-state index < -0.39 is 0 Å². The van der Waals surface area contributed by atoms with Crippen molar-refractivity contribution in [2.45, 2.75) is 25.8 Å². The number of amides is 3. The van der Waals surface area contributed by atoms with Gasteiger partial charge in [-0.15, -0.1) is 0 Å². The van der Waals surface area contributed by atoms with Gasteiger partial charge in [-0.1, -0.05) is 11.6 Å². The van der Waals surface area contributed by atoms with Crippen LogP contribution in [-0.2, 0) is 0 Å². The zero-order chi connectivity index (χ0) is 17.3. The van der Waals surface area contributed by atoms with Crippen molar-refractivity contribution in [1.82, 2.24) is 10.2 Å². The molecule has 7 heteroatoms. The molecule has 1 aromatic rings. The first kappa shape index (κ1) is 17.0. The molecule has 1 unspecified atom stereocenters. The molecule has 0 spiro atoms. The van der Waals surface area contributed by atoms with Crippen LogP contribution in [0, 0.1) is 5.92 Å². The van der Waals surface area contributed by atoms with Gasteiger partial charge in [0.1, 0.15) is 0 Å². The van der Waals surface area contributed by atoms with E-state index in [-0.39, 0.29) is 18.0 Å². The number of nitrogens with two attached hydrogens (primary N) is 1. The van der Waals surface area contributed by atoms with Crippen molar-refractivity contribution in [3.63, 3.8) is 0 Å². The molecule has 2 heterocycles. The highest BCUT2D eigenvalue weighted by Crippen LogP contribution is 2.29. The van der Waals surface area contributed by atoms with Crippen molar-refractivity contribution in [3.8, 4) is 0 Å². The van der Waals surface area contributed by atoms with Gasteiger partial charge in [0, 0.05) is 37.8 Å². The van der Waals surface area contributed by atoms with Gasteiger partial charge in [0.15, 0.2) is 0 Å². The van der Waals surface area contributed by atoms with Crippen molar-refractivity contribution < 1.29 is 9.59 Å². The first-order valence-electron chi connectivity index (χ1n) is 8.37. The Hall–Kier alpha value is -1.79. The van der Waals surface area contributed by atoms with Crippen LogP contribution < -0.4 is 16.0 Å². The Morgan fingerprint density at radius 2 is 2.04 bits per heavy atom. The minimum absolute atomic E-state index is 0.0179. The third kappa shape index (κ3) is 3.35. The number of hydrogen-bond acceptors (Lipinski definition) is 3. The molecule has 0 aliphatic carbocycles. The molecule has 6 nitrogen and oxygen atoms in total. The lowest BCUT2D eigenvalue weighted by Crippen LogP contribution is -2.42. The summed E-state index contributed by atoms with van der Waals surface area (Å²) in [6.45, 7) is 4.59. The van der Waals surface area contributed by atoms with Crippen molar-refractivity contribution in [3.05, 3.63) is 28.8 Å². The lowest BCUT2D eigenvalue weighted by Gasteiger charge is -2.34. The summed E-state index contributed by atoms with van der Waals surface area (Å²) in [5, 5.41) is 3.22. The number of carbonyl (C=O) groups excluding carboxylic acids is 2. The molecule has 2 aliphatic heterocycles. The number of anilines is 1. The Balaban J connectivity index is 1.75. The second-order valence-electron chi connectivity index (χ2n) is 6.54. The number of urea groups is 1. The molecule has 0 radical (unpaired) electrons. The minimum Gasteiger partial charge on any atom is -0.339 e. The van der Waals surface area contributed by atoms with Crippen LogP contribution in [0.3, 0.4) is 0 Å². The third-order valence-corrected chi connectivity index (χ3v) is 5.23. The normalized spacial score (nSPS) is 20.2. The molecule has 130 valence electrons. The van der Waals surface area contributed by atoms with Crippen LogP contribution in [0.2, 0.25) is 5.02 Å². The van der Waals surface area contributed by atoms with Gasteiger partial charge in [-0.25, -0.2) is 4.79 Å². The Kier molecular flexibility index (Phi) is 4.96. The Morgan fingerprint density at radius 1 is 1.33 bits per heavy atom. The number of likely N-dealkylation sites (tertiary alicyclic amines) is 1. The number of nitrogens with zero attached hydrogens (tertiary/aromatic N) is 2. The second kappa shape index (κ2) is 6.99. The van der Waals surface area contributed by atoms with E-state index in [9.17, 15) is 9.59 Å². The average molecular weight is 351 g/mol. The first-order valence-corrected chi connectivity index (χ1v) is 8.75. The van der Waals surface area contributed by atoms with Gasteiger partial charge >= 0.3 is 6.03 Å². The molecule has 0 saturated carbocycles. The van der Waals surface area contributed by atoms with Crippen molar-refractivity contribution >= 4 is 29.2 Å². The second-order valence-corrected chi connectivity index (χ2v) is 6.95. The highest BCUT2D eigenvalue weighted by molar-refractivity contribution is 6.34. The van der Waals surface area contributed by atoms with Crippen LogP contribution in [0.25, 0.3) is 0 Å². The van der Waals surface area contributed by atoms with Crippen LogP contribution in [0.1, 0.15) is 30.1 Å². The van der Waals surface area contributed by atoms with Crippen molar-refractivity contribution in [2.24, 2.45) is 11.7 Å². The molecule has 2 fully saturated rings. The van der Waals surface area contributed by atoms with Gasteiger partial charge in [0.2, 0.25) is 0 Å². The van der Waals surface area contributed by atoms with E-state index in [0.717, 1.165) is 12.8 Å². The van der Waals surface area contributed by atoms with Gasteiger partial charge in [0.25, 0.3) is 5.91 Å². The summed E-state index contributed by atoms with van der Waals surface area (Å²) in [6.07, 6.45) is 1.86. The van der Waals surface area contributed by atoms with Gasteiger partial charge in [-0.2, -0.15) is 0 Å². The number of carbonyl (C=O) groups is 2. The highest BCUT2D eigenvalue weighted by Gasteiger charge is 2.27. The summed E-state index contributed by atoms with van der Waals surface area (Å²) >= 11 is 6.23. The minimum atomic E-state index is -0.181. The van der Waals surface area contributed by atoms with E-state index in [4.69, 9.17) is 17.3 Å². The van der Waals surface area contributed by atoms with Crippen LogP contribution >= 0.6 is 11.6 Å². The number of piperidine rings is 1. The van der Waals surface area contributed by atoms with Gasteiger partial charge in [-0.05, 0) is 43.9 Å². The van der Waals surface area contributed by atoms with Gasteiger partial charge < -0.3 is 16.0 Å². The third-order valence-electron chi connectivity index (χ3n) is 4.91. The standard InChI is InChI=1S/C17H23ClN4O2/c1-11(19)12-4-7-21(8-5-12)16(23)13-2-3-14(18)15(10-13)22-9-6-20-17(22)24/h2-3,10-12H,4-9,19H2,1H3,(H,20,24). The summed E-state index contributed by atoms with van der Waals surface area (Å²) in [5.74, 6) is 0.457. The molecule has 3 amide bonds. The molecule has 0 bridgehead atoms. The van der Waals surface area contributed by atoms with Crippen molar-refractivity contribution in [1.29, 1.82) is 0 Å². The zero-order valence-electron chi connectivity index (χ0n) is 13.8. The smallest absolute Gasteiger partial charge is 0.322 e. The maximum absolute atomic E-state index is 12.8. The molecule has 1 atom stereocenters. The first-order chi connectivity index (χ1) is 11.5. The molecule has 2 saturated heterocycles. The molecule has 0 aromatic heterocycles. The van der Waals surface area contributed by atoms with E-state index in [0.29, 0.717) is 48.4 Å². The van der Waals surface area contributed by atoms with Crippen LogP contribution in [0.15, 0.2) is 18.2 Å². The van der Waals surface area contributed by atoms with Crippen LogP contribution in [-0.4, -0.2) is 49.1 Å². The highest BCUT2D eigenvalue weighted by atomic mass is 35.5. The van der Waals surface area contributed by atoms with Gasteiger partial charge in [0.05, 0.1) is 10.7 Å². The van der Waals surface area contributed by atoms with E-state index >= 15 is 0 Å². The summed E-state index contributed by atoms with van der Waals surface area (Å²) in [5.41, 5.74) is 7.11. The molecule has 2 aliphatic rings. The SMILES string of the molecule is CC(N)C1CCN(C(=O)c2ccc(Cl)c(N3CCNC3=O)c2)CC1. The molecule has 24 heavy (non-hydrogen) atoms. The molecular weight excluding hydrogens is 328 g/mol. The number of hydrogen-bond donors (Lipinski definition) is 2. The van der Waals surface area contributed by atoms with Crippen LogP contribution in [0.4, 0.5) is 10.5 Å². The Morgan fingerprint density at radius 3 is 2.62 bits per heavy atom. The lowest BCUT2D eigenvalue weighted by atomic mass is 9.90. The predicted molar refractivity (Wildman–Crippen MR) is 94.5 cm³/mol. The van der Waals surface area contributed by atoms with E-state index in [1.807, 2.05) is 11.8 Å². The van der Waals surface area contributed by atoms with E-state index in [1.54, 1.807) is 23.1 Å². The number of rotatable bonds is 3. The number of halogens is 1. The number of benzene rings is 1. The molecule has 3 rings (SSSR count). The molecule has 3 N–H and O–H groups in total. The topological polar surface area (TPSA) is 78.7 Å². The number of nitrogens with one attached hydrogen (secondary N) is 1. The van der Waals surface area contributed by atoms with E-state index in [1.165, 1.54) is 0 Å². The largest absolute Gasteiger partial charge is 0.339 e. The van der Waals surface area contributed by atoms with Crippen molar-refractivity contribution in [2.75, 3.05) is 31.1 Å². The predicted octanol–water partition coefficient (Wildman–Crippen LogP) is 2.07. The fourth-order valence-corrected chi connectivity index (χ4v) is 3.58. The maximum Gasteiger partial charge on any atom is 0.322 e. The quantitative estimate of drug-likeness (QED) is 0.875. The van der Waals surface area contributed by atoms with Gasteiger partial charge in [-0.3, -0.25) is 9.69 Å². The summed E-state index contributed by atoms with van der Waals surface area (Å²) in [6, 6.07) is 5.11. The summed E-state index contributed by atoms with van der Waals surface area (Å²) in [4.78, 5) is 28.1. The summed E-state index contributed by atoms with van der Waals surface area (Å²) in [7, 11) is 0. The van der Waals surface area contributed by atoms with E-state index in [2.05, 4.69) is 5.32 Å². The Bertz CT molecular complexity index is 641.